The molecule has 0 spiro atoms. The number of aromatic nitrogens is 4. The van der Waals surface area contributed by atoms with Crippen molar-refractivity contribution in [2.24, 2.45) is 0 Å². The first-order valence-corrected chi connectivity index (χ1v) is 6.69. The van der Waals surface area contributed by atoms with E-state index in [1.165, 1.54) is 11.0 Å². The van der Waals surface area contributed by atoms with Crippen LogP contribution in [0.5, 0.6) is 0 Å². The van der Waals surface area contributed by atoms with Gasteiger partial charge in [0.25, 0.3) is 0 Å². The Morgan fingerprint density at radius 2 is 2.10 bits per heavy atom. The van der Waals surface area contributed by atoms with E-state index in [-0.39, 0.29) is 12.5 Å². The summed E-state index contributed by atoms with van der Waals surface area (Å²) in [6, 6.07) is 9.91. The number of carbonyl (C=O) groups excluding carboxylic acids is 1. The number of hydrogen-bond acceptors (Lipinski definition) is 5. The zero-order valence-corrected chi connectivity index (χ0v) is 12.2. The second-order valence-electron chi connectivity index (χ2n) is 5.42. The number of carbonyl (C=O) groups is 1. The van der Waals surface area contributed by atoms with Crippen LogP contribution in [0.3, 0.4) is 0 Å². The van der Waals surface area contributed by atoms with Crippen LogP contribution in [0, 0.1) is 0 Å². The van der Waals surface area contributed by atoms with Crippen LogP contribution in [0.4, 0.5) is 0 Å². The lowest BCUT2D eigenvalue weighted by molar-refractivity contribution is -0.124. The van der Waals surface area contributed by atoms with Gasteiger partial charge in [0.05, 0.1) is 18.8 Å². The first-order valence-electron chi connectivity index (χ1n) is 6.69. The fraction of sp³-hybridized carbons (Fsp3) is 0.429. The smallest absolute Gasteiger partial charge is 0.242 e. The van der Waals surface area contributed by atoms with Crippen LogP contribution in [-0.2, 0) is 22.7 Å². The van der Waals surface area contributed by atoms with E-state index in [1.54, 1.807) is 0 Å². The van der Waals surface area contributed by atoms with E-state index in [1.807, 2.05) is 44.2 Å². The fourth-order valence-corrected chi connectivity index (χ4v) is 1.85. The molecule has 0 saturated heterocycles. The van der Waals surface area contributed by atoms with Crippen LogP contribution < -0.4 is 5.32 Å². The van der Waals surface area contributed by atoms with Crippen LogP contribution in [0.2, 0.25) is 0 Å². The third kappa shape index (κ3) is 5.31. The Balaban J connectivity index is 1.74. The van der Waals surface area contributed by atoms with Crippen LogP contribution in [0.15, 0.2) is 36.7 Å². The van der Waals surface area contributed by atoms with Crippen LogP contribution in [0.25, 0.3) is 0 Å². The molecule has 0 atom stereocenters. The highest BCUT2D eigenvalue weighted by Gasteiger charge is 2.21. The Morgan fingerprint density at radius 3 is 2.76 bits per heavy atom. The molecule has 7 heteroatoms. The van der Waals surface area contributed by atoms with Gasteiger partial charge in [0.1, 0.15) is 12.9 Å². The summed E-state index contributed by atoms with van der Waals surface area (Å²) < 4.78 is 7.03. The highest BCUT2D eigenvalue weighted by molar-refractivity contribution is 5.76. The molecule has 1 N–H and O–H groups in total. The molecule has 1 amide bonds. The molecule has 1 aromatic carbocycles. The summed E-state index contributed by atoms with van der Waals surface area (Å²) in [5.74, 6) is -0.157. The standard InChI is InChI=1S/C14H19N5O2/c1-14(2,10-21-9-12-6-4-3-5-7-12)16-13(20)8-19-11-15-17-18-19/h3-7,11H,8-10H2,1-2H3,(H,16,20). The Morgan fingerprint density at radius 1 is 1.33 bits per heavy atom. The molecule has 0 unspecified atom stereocenters. The number of hydrogen-bond donors (Lipinski definition) is 1. The maximum atomic E-state index is 11.9. The molecule has 0 aliphatic carbocycles. The second kappa shape index (κ2) is 6.94. The van der Waals surface area contributed by atoms with E-state index in [0.29, 0.717) is 13.2 Å². The first-order chi connectivity index (χ1) is 10.1. The minimum Gasteiger partial charge on any atom is -0.374 e. The number of nitrogens with zero attached hydrogens (tertiary/aromatic N) is 4. The largest absolute Gasteiger partial charge is 0.374 e. The van der Waals surface area contributed by atoms with Crippen molar-refractivity contribution in [1.82, 2.24) is 25.5 Å². The van der Waals surface area contributed by atoms with Gasteiger partial charge in [0.15, 0.2) is 0 Å². The summed E-state index contributed by atoms with van der Waals surface area (Å²) in [7, 11) is 0. The zero-order valence-electron chi connectivity index (χ0n) is 12.2. The number of benzene rings is 1. The van der Waals surface area contributed by atoms with Crippen molar-refractivity contribution in [3.05, 3.63) is 42.2 Å². The van der Waals surface area contributed by atoms with Gasteiger partial charge in [-0.3, -0.25) is 4.79 Å². The van der Waals surface area contributed by atoms with Crippen molar-refractivity contribution in [1.29, 1.82) is 0 Å². The van der Waals surface area contributed by atoms with E-state index >= 15 is 0 Å². The van der Waals surface area contributed by atoms with Crippen molar-refractivity contribution < 1.29 is 9.53 Å². The molecule has 1 aromatic heterocycles. The van der Waals surface area contributed by atoms with E-state index in [4.69, 9.17) is 4.74 Å². The molecule has 0 saturated carbocycles. The van der Waals surface area contributed by atoms with Crippen LogP contribution in [0.1, 0.15) is 19.4 Å². The van der Waals surface area contributed by atoms with Gasteiger partial charge in [0, 0.05) is 0 Å². The van der Waals surface area contributed by atoms with Crippen LogP contribution in [-0.4, -0.2) is 38.3 Å². The monoisotopic (exact) mass is 289 g/mol. The van der Waals surface area contributed by atoms with Gasteiger partial charge >= 0.3 is 0 Å². The third-order valence-electron chi connectivity index (χ3n) is 2.75. The maximum absolute atomic E-state index is 11.9. The topological polar surface area (TPSA) is 81.9 Å². The van der Waals surface area contributed by atoms with Crippen molar-refractivity contribution in [2.45, 2.75) is 32.5 Å². The van der Waals surface area contributed by atoms with Gasteiger partial charge in [-0.2, -0.15) is 0 Å². The molecule has 21 heavy (non-hydrogen) atoms. The Labute approximate surface area is 123 Å². The molecular formula is C14H19N5O2. The lowest BCUT2D eigenvalue weighted by Crippen LogP contribution is -2.48. The molecule has 112 valence electrons. The molecule has 0 fully saturated rings. The molecule has 1 heterocycles. The predicted octanol–water partition coefficient (Wildman–Crippen LogP) is 0.785. The fourth-order valence-electron chi connectivity index (χ4n) is 1.85. The number of tetrazole rings is 1. The molecule has 2 aromatic rings. The highest BCUT2D eigenvalue weighted by atomic mass is 16.5. The maximum Gasteiger partial charge on any atom is 0.242 e. The molecular weight excluding hydrogens is 270 g/mol. The third-order valence-corrected chi connectivity index (χ3v) is 2.75. The van der Waals surface area contributed by atoms with Gasteiger partial charge in [0.2, 0.25) is 5.91 Å². The molecule has 7 nitrogen and oxygen atoms in total. The summed E-state index contributed by atoms with van der Waals surface area (Å²) in [6.07, 6.45) is 1.40. The molecule has 0 radical (unpaired) electrons. The Bertz CT molecular complexity index is 554. The first kappa shape index (κ1) is 15.1. The lowest BCUT2D eigenvalue weighted by Gasteiger charge is -2.26. The van der Waals surface area contributed by atoms with Gasteiger partial charge in [-0.15, -0.1) is 5.10 Å². The average Bonchev–Trinajstić information content (AvgIpc) is 2.91. The highest BCUT2D eigenvalue weighted by Crippen LogP contribution is 2.06. The van der Waals surface area contributed by atoms with Gasteiger partial charge < -0.3 is 10.1 Å². The van der Waals surface area contributed by atoms with Crippen molar-refractivity contribution in [3.8, 4) is 0 Å². The van der Waals surface area contributed by atoms with E-state index in [9.17, 15) is 4.79 Å². The summed E-state index contributed by atoms with van der Waals surface area (Å²) >= 11 is 0. The number of amides is 1. The van der Waals surface area contributed by atoms with Gasteiger partial charge in [-0.25, -0.2) is 4.68 Å². The average molecular weight is 289 g/mol. The second-order valence-corrected chi connectivity index (χ2v) is 5.42. The minimum atomic E-state index is -0.458. The Kier molecular flexibility index (Phi) is 4.99. The normalized spacial score (nSPS) is 11.3. The SMILES string of the molecule is CC(C)(COCc1ccccc1)NC(=O)Cn1cnnn1. The Hall–Kier alpha value is -2.28. The molecule has 0 aliphatic heterocycles. The summed E-state index contributed by atoms with van der Waals surface area (Å²) in [5.41, 5.74) is 0.646. The quantitative estimate of drug-likeness (QED) is 0.814. The molecule has 0 aliphatic rings. The lowest BCUT2D eigenvalue weighted by atomic mass is 10.1. The number of ether oxygens (including phenoxy) is 1. The summed E-state index contributed by atoms with van der Waals surface area (Å²) in [4.78, 5) is 11.9. The van der Waals surface area contributed by atoms with E-state index in [2.05, 4.69) is 20.8 Å². The molecule has 0 bridgehead atoms. The summed E-state index contributed by atoms with van der Waals surface area (Å²) in [5, 5.41) is 13.5. The van der Waals surface area contributed by atoms with E-state index in [0.717, 1.165) is 5.56 Å². The predicted molar refractivity (Wildman–Crippen MR) is 76.1 cm³/mol. The summed E-state index contributed by atoms with van der Waals surface area (Å²) in [6.45, 7) is 4.86. The number of nitrogens with one attached hydrogen (secondary N) is 1. The van der Waals surface area contributed by atoms with Crippen molar-refractivity contribution in [3.63, 3.8) is 0 Å². The van der Waals surface area contributed by atoms with Gasteiger partial charge in [-0.05, 0) is 29.8 Å². The zero-order chi connectivity index (χ0) is 15.1. The van der Waals surface area contributed by atoms with Crippen molar-refractivity contribution in [2.75, 3.05) is 6.61 Å². The number of rotatable bonds is 7. The van der Waals surface area contributed by atoms with E-state index < -0.39 is 5.54 Å². The minimum absolute atomic E-state index is 0.0924. The molecule has 2 rings (SSSR count). The van der Waals surface area contributed by atoms with Crippen molar-refractivity contribution >= 4 is 5.91 Å². The van der Waals surface area contributed by atoms with Crippen LogP contribution >= 0.6 is 0 Å². The van der Waals surface area contributed by atoms with Gasteiger partial charge in [-0.1, -0.05) is 30.3 Å².